The molecule has 6 rings (SSSR count). The van der Waals surface area contributed by atoms with Gasteiger partial charge in [0.1, 0.15) is 6.04 Å². The van der Waals surface area contributed by atoms with Crippen molar-refractivity contribution in [3.63, 3.8) is 0 Å². The lowest BCUT2D eigenvalue weighted by molar-refractivity contribution is -0.943. The Kier molecular flexibility index (Phi) is 6.83. The van der Waals surface area contributed by atoms with Gasteiger partial charge in [0.2, 0.25) is 0 Å². The van der Waals surface area contributed by atoms with E-state index in [1.54, 1.807) is 6.92 Å². The Morgan fingerprint density at radius 1 is 0.784 bits per heavy atom. The van der Waals surface area contributed by atoms with Crippen LogP contribution in [0.3, 0.4) is 0 Å². The first kappa shape index (κ1) is 26.6. The molecule has 210 valence electrons. The standard InChI is InChI=1S/C33H58N2O2/c1-24(36)37-31-20-25-12-13-27-28(33(25,3)23-30(31)35(5)18-10-7-11-19-35)14-15-32(2)22-26(21-29(27)32)34(4)16-8-6-9-17-34/h25-31H,6-23H2,1-5H3/q+2/t25-,26?,27?,28?,29?,30?,31-,32+,33-/m0/s1. The predicted octanol–water partition coefficient (Wildman–Crippen LogP) is 6.57. The minimum Gasteiger partial charge on any atom is -0.456 e. The van der Waals surface area contributed by atoms with Gasteiger partial charge in [0.15, 0.2) is 6.10 Å². The highest BCUT2D eigenvalue weighted by molar-refractivity contribution is 5.66. The normalized spacial score (nSPS) is 48.8. The van der Waals surface area contributed by atoms with Crippen molar-refractivity contribution >= 4 is 5.97 Å². The molecule has 6 fully saturated rings. The number of hydrogen-bond acceptors (Lipinski definition) is 2. The molecule has 0 amide bonds. The second-order valence-electron chi connectivity index (χ2n) is 16.1. The van der Waals surface area contributed by atoms with Crippen LogP contribution in [0.4, 0.5) is 0 Å². The van der Waals surface area contributed by atoms with E-state index in [0.717, 1.165) is 40.6 Å². The van der Waals surface area contributed by atoms with Crippen molar-refractivity contribution in [1.82, 2.24) is 0 Å². The van der Waals surface area contributed by atoms with Crippen molar-refractivity contribution in [2.75, 3.05) is 40.3 Å². The summed E-state index contributed by atoms with van der Waals surface area (Å²) in [4.78, 5) is 12.2. The highest BCUT2D eigenvalue weighted by Gasteiger charge is 2.64. The number of carbonyl (C=O) groups is 1. The van der Waals surface area contributed by atoms with Crippen molar-refractivity contribution in [1.29, 1.82) is 0 Å². The van der Waals surface area contributed by atoms with Gasteiger partial charge in [-0.2, -0.15) is 0 Å². The Hall–Kier alpha value is -0.610. The van der Waals surface area contributed by atoms with E-state index in [-0.39, 0.29) is 12.1 Å². The summed E-state index contributed by atoms with van der Waals surface area (Å²) in [6.45, 7) is 12.5. The molecule has 4 nitrogen and oxygen atoms in total. The lowest BCUT2D eigenvalue weighted by Crippen LogP contribution is -2.66. The molecule has 0 aromatic rings. The van der Waals surface area contributed by atoms with Gasteiger partial charge in [-0.1, -0.05) is 13.8 Å². The number of fused-ring (bicyclic) bond motifs is 5. The first-order valence-corrected chi connectivity index (χ1v) is 16.4. The smallest absolute Gasteiger partial charge is 0.303 e. The van der Waals surface area contributed by atoms with Crippen molar-refractivity contribution in [2.45, 2.75) is 129 Å². The molecule has 4 heteroatoms. The van der Waals surface area contributed by atoms with E-state index in [4.69, 9.17) is 4.74 Å². The maximum absolute atomic E-state index is 12.2. The molecule has 5 unspecified atom stereocenters. The number of piperidine rings is 2. The number of esters is 1. The summed E-state index contributed by atoms with van der Waals surface area (Å²) in [7, 11) is 5.12. The zero-order valence-electron chi connectivity index (χ0n) is 25.0. The fourth-order valence-corrected chi connectivity index (χ4v) is 11.9. The van der Waals surface area contributed by atoms with Gasteiger partial charge in [0, 0.05) is 26.2 Å². The Labute approximate surface area is 228 Å². The summed E-state index contributed by atoms with van der Waals surface area (Å²) in [5.74, 6) is 3.43. The summed E-state index contributed by atoms with van der Waals surface area (Å²) in [6, 6.07) is 1.40. The van der Waals surface area contributed by atoms with Gasteiger partial charge in [-0.25, -0.2) is 0 Å². The van der Waals surface area contributed by atoms with Crippen LogP contribution in [0.1, 0.15) is 111 Å². The predicted molar refractivity (Wildman–Crippen MR) is 150 cm³/mol. The molecule has 6 aliphatic rings. The first-order chi connectivity index (χ1) is 17.6. The molecular formula is C33H58N2O2+2. The number of quaternary nitrogens is 2. The highest BCUT2D eigenvalue weighted by atomic mass is 16.5. The molecule has 2 saturated heterocycles. The molecule has 0 aromatic carbocycles. The van der Waals surface area contributed by atoms with Gasteiger partial charge in [0.05, 0.1) is 46.3 Å². The summed E-state index contributed by atoms with van der Waals surface area (Å²) in [6.07, 6.45) is 19.7. The maximum atomic E-state index is 12.2. The van der Waals surface area contributed by atoms with E-state index in [1.807, 2.05) is 0 Å². The number of likely N-dealkylation sites (tertiary alicyclic amines) is 2. The van der Waals surface area contributed by atoms with Crippen LogP contribution in [0, 0.1) is 34.5 Å². The fraction of sp³-hybridized carbons (Fsp3) is 0.970. The second-order valence-corrected chi connectivity index (χ2v) is 16.1. The average molecular weight is 515 g/mol. The van der Waals surface area contributed by atoms with Crippen molar-refractivity contribution in [3.8, 4) is 0 Å². The van der Waals surface area contributed by atoms with Crippen LogP contribution in [0.5, 0.6) is 0 Å². The number of ether oxygens (including phenoxy) is 1. The first-order valence-electron chi connectivity index (χ1n) is 16.4. The van der Waals surface area contributed by atoms with Crippen LogP contribution in [-0.2, 0) is 9.53 Å². The molecule has 2 heterocycles. The molecule has 0 spiro atoms. The van der Waals surface area contributed by atoms with Gasteiger partial charge in [-0.05, 0) is 105 Å². The van der Waals surface area contributed by atoms with Crippen LogP contribution < -0.4 is 0 Å². The largest absolute Gasteiger partial charge is 0.456 e. The van der Waals surface area contributed by atoms with Crippen molar-refractivity contribution < 1.29 is 18.5 Å². The van der Waals surface area contributed by atoms with Gasteiger partial charge in [-0.3, -0.25) is 4.79 Å². The zero-order valence-corrected chi connectivity index (χ0v) is 25.0. The van der Waals surface area contributed by atoms with E-state index in [0.29, 0.717) is 16.9 Å². The van der Waals surface area contributed by atoms with E-state index in [9.17, 15) is 4.79 Å². The van der Waals surface area contributed by atoms with Crippen LogP contribution >= 0.6 is 0 Å². The topological polar surface area (TPSA) is 26.3 Å². The third-order valence-corrected chi connectivity index (χ3v) is 14.1. The number of rotatable bonds is 3. The maximum Gasteiger partial charge on any atom is 0.303 e. The molecular weight excluding hydrogens is 456 g/mol. The van der Waals surface area contributed by atoms with Crippen molar-refractivity contribution in [3.05, 3.63) is 0 Å². The molecule has 9 atom stereocenters. The molecule has 0 bridgehead atoms. The van der Waals surface area contributed by atoms with Gasteiger partial charge in [-0.15, -0.1) is 0 Å². The highest BCUT2D eigenvalue weighted by Crippen LogP contribution is 2.67. The summed E-state index contributed by atoms with van der Waals surface area (Å²) >= 11 is 0. The molecule has 37 heavy (non-hydrogen) atoms. The quantitative estimate of drug-likeness (QED) is 0.315. The van der Waals surface area contributed by atoms with Crippen LogP contribution in [-0.4, -0.2) is 73.4 Å². The number of likely N-dealkylation sites (N-methyl/N-ethyl adjacent to an activating group) is 1. The third-order valence-electron chi connectivity index (χ3n) is 14.1. The Morgan fingerprint density at radius 2 is 1.43 bits per heavy atom. The SMILES string of the molecule is CC(=O)O[C@H]1C[C@@H]2CCC3C4CC([N+]5(C)CCCCC5)C[C@@]4(C)CCC3[C@@]2(C)CC1[N+]1(C)CCCCC1. The number of nitrogens with zero attached hydrogens (tertiary/aromatic N) is 2. The Morgan fingerprint density at radius 3 is 2.08 bits per heavy atom. The zero-order chi connectivity index (χ0) is 26.1. The summed E-state index contributed by atoms with van der Waals surface area (Å²) in [5, 5.41) is 0. The minimum absolute atomic E-state index is 0.0596. The minimum atomic E-state index is -0.0596. The number of hydrogen-bond donors (Lipinski definition) is 0. The fourth-order valence-electron chi connectivity index (χ4n) is 11.9. The molecule has 0 aromatic heterocycles. The lowest BCUT2D eigenvalue weighted by Gasteiger charge is -2.63. The monoisotopic (exact) mass is 514 g/mol. The van der Waals surface area contributed by atoms with Crippen molar-refractivity contribution in [2.24, 2.45) is 34.5 Å². The molecule has 4 saturated carbocycles. The van der Waals surface area contributed by atoms with Gasteiger partial charge < -0.3 is 13.7 Å². The van der Waals surface area contributed by atoms with Crippen LogP contribution in [0.25, 0.3) is 0 Å². The van der Waals surface area contributed by atoms with Gasteiger partial charge >= 0.3 is 5.97 Å². The van der Waals surface area contributed by atoms with E-state index in [2.05, 4.69) is 27.9 Å². The molecule has 0 radical (unpaired) electrons. The summed E-state index contributed by atoms with van der Waals surface area (Å²) in [5.41, 5.74) is 0.999. The Bertz CT molecular complexity index is 860. The van der Waals surface area contributed by atoms with Crippen LogP contribution in [0.15, 0.2) is 0 Å². The molecule has 2 aliphatic heterocycles. The lowest BCUT2D eigenvalue weighted by atomic mass is 9.44. The van der Waals surface area contributed by atoms with Crippen LogP contribution in [0.2, 0.25) is 0 Å². The summed E-state index contributed by atoms with van der Waals surface area (Å²) < 4.78 is 8.70. The third kappa shape index (κ3) is 4.43. The number of carbonyl (C=O) groups excluding carboxylic acids is 1. The van der Waals surface area contributed by atoms with Gasteiger partial charge in [0.25, 0.3) is 0 Å². The second kappa shape index (κ2) is 9.50. The average Bonchev–Trinajstić information content (AvgIpc) is 3.23. The molecule has 0 N–H and O–H groups in total. The Balaban J connectivity index is 1.26. The van der Waals surface area contributed by atoms with E-state index < -0.39 is 0 Å². The van der Waals surface area contributed by atoms with E-state index in [1.165, 1.54) is 114 Å². The molecule has 4 aliphatic carbocycles. The van der Waals surface area contributed by atoms with E-state index >= 15 is 0 Å².